The lowest BCUT2D eigenvalue weighted by atomic mass is 10.4. The van der Waals surface area contributed by atoms with Crippen LogP contribution in [0, 0.1) is 6.92 Å². The molecule has 1 rings (SSSR count). The van der Waals surface area contributed by atoms with Gasteiger partial charge < -0.3 is 15.2 Å². The lowest BCUT2D eigenvalue weighted by Gasteiger charge is -2.01. The first-order valence-electron chi connectivity index (χ1n) is 4.66. The molecule has 0 atom stereocenters. The predicted molar refractivity (Wildman–Crippen MR) is 51.5 cm³/mol. The molecule has 13 heavy (non-hydrogen) atoms. The summed E-state index contributed by atoms with van der Waals surface area (Å²) in [4.78, 5) is 0. The van der Waals surface area contributed by atoms with E-state index in [-0.39, 0.29) is 0 Å². The zero-order valence-corrected chi connectivity index (χ0v) is 8.26. The SMILES string of the molecule is CCNCCNCc1cc(C)no1. The zero-order valence-electron chi connectivity index (χ0n) is 8.26. The van der Waals surface area contributed by atoms with Crippen LogP contribution in [-0.2, 0) is 6.54 Å². The Morgan fingerprint density at radius 1 is 1.38 bits per heavy atom. The first-order valence-corrected chi connectivity index (χ1v) is 4.66. The number of rotatable bonds is 6. The summed E-state index contributed by atoms with van der Waals surface area (Å²) in [6.45, 7) is 7.73. The summed E-state index contributed by atoms with van der Waals surface area (Å²) in [6, 6.07) is 1.94. The molecule has 0 spiro atoms. The van der Waals surface area contributed by atoms with Crippen LogP contribution in [0.4, 0.5) is 0 Å². The average molecular weight is 183 g/mol. The molecule has 0 aromatic carbocycles. The number of likely N-dealkylation sites (N-methyl/N-ethyl adjacent to an activating group) is 1. The summed E-state index contributed by atoms with van der Waals surface area (Å²) in [5, 5.41) is 10.3. The summed E-state index contributed by atoms with van der Waals surface area (Å²) in [6.07, 6.45) is 0. The van der Waals surface area contributed by atoms with Gasteiger partial charge in [-0.2, -0.15) is 0 Å². The van der Waals surface area contributed by atoms with Gasteiger partial charge in [0.25, 0.3) is 0 Å². The van der Waals surface area contributed by atoms with Crippen molar-refractivity contribution < 1.29 is 4.52 Å². The number of hydrogen-bond acceptors (Lipinski definition) is 4. The molecule has 1 aromatic heterocycles. The summed E-state index contributed by atoms with van der Waals surface area (Å²) in [7, 11) is 0. The van der Waals surface area contributed by atoms with E-state index in [0.717, 1.165) is 37.6 Å². The van der Waals surface area contributed by atoms with Crippen molar-refractivity contribution >= 4 is 0 Å². The summed E-state index contributed by atoms with van der Waals surface area (Å²) in [5.41, 5.74) is 0.934. The smallest absolute Gasteiger partial charge is 0.150 e. The van der Waals surface area contributed by atoms with Crippen LogP contribution in [0.2, 0.25) is 0 Å². The normalized spacial score (nSPS) is 10.6. The van der Waals surface area contributed by atoms with Crippen LogP contribution < -0.4 is 10.6 Å². The zero-order chi connectivity index (χ0) is 9.52. The number of aromatic nitrogens is 1. The molecule has 4 nitrogen and oxygen atoms in total. The Balaban J connectivity index is 2.06. The minimum Gasteiger partial charge on any atom is -0.360 e. The number of nitrogens with zero attached hydrogens (tertiary/aromatic N) is 1. The van der Waals surface area contributed by atoms with Gasteiger partial charge in [-0.25, -0.2) is 0 Å². The van der Waals surface area contributed by atoms with Crippen LogP contribution in [0.1, 0.15) is 18.4 Å². The second-order valence-corrected chi connectivity index (χ2v) is 2.96. The van der Waals surface area contributed by atoms with Crippen molar-refractivity contribution in [1.29, 1.82) is 0 Å². The lowest BCUT2D eigenvalue weighted by Crippen LogP contribution is -2.26. The van der Waals surface area contributed by atoms with Crippen LogP contribution in [0.25, 0.3) is 0 Å². The van der Waals surface area contributed by atoms with Gasteiger partial charge in [-0.05, 0) is 13.5 Å². The summed E-state index contributed by atoms with van der Waals surface area (Å²) >= 11 is 0. The highest BCUT2D eigenvalue weighted by atomic mass is 16.5. The largest absolute Gasteiger partial charge is 0.360 e. The Labute approximate surface area is 78.7 Å². The molecule has 0 amide bonds. The standard InChI is InChI=1S/C9H17N3O/c1-3-10-4-5-11-7-9-6-8(2)12-13-9/h6,10-11H,3-5,7H2,1-2H3. The van der Waals surface area contributed by atoms with Gasteiger partial charge in [-0.1, -0.05) is 12.1 Å². The maximum Gasteiger partial charge on any atom is 0.150 e. The van der Waals surface area contributed by atoms with Crippen molar-refractivity contribution in [2.45, 2.75) is 20.4 Å². The van der Waals surface area contributed by atoms with E-state index in [9.17, 15) is 0 Å². The minimum absolute atomic E-state index is 0.756. The maximum absolute atomic E-state index is 5.04. The van der Waals surface area contributed by atoms with Crippen LogP contribution in [0.5, 0.6) is 0 Å². The minimum atomic E-state index is 0.756. The third-order valence-corrected chi connectivity index (χ3v) is 1.70. The molecule has 0 aliphatic carbocycles. The Morgan fingerprint density at radius 3 is 2.77 bits per heavy atom. The number of nitrogens with one attached hydrogen (secondary N) is 2. The Hall–Kier alpha value is -0.870. The fraction of sp³-hybridized carbons (Fsp3) is 0.667. The molecule has 1 aromatic rings. The van der Waals surface area contributed by atoms with E-state index >= 15 is 0 Å². The van der Waals surface area contributed by atoms with Gasteiger partial charge >= 0.3 is 0 Å². The molecule has 2 N–H and O–H groups in total. The Bertz CT molecular complexity index is 235. The van der Waals surface area contributed by atoms with Crippen LogP contribution in [0.15, 0.2) is 10.6 Å². The molecule has 0 unspecified atom stereocenters. The summed E-state index contributed by atoms with van der Waals surface area (Å²) in [5.74, 6) is 0.897. The molecule has 1 heterocycles. The first kappa shape index (κ1) is 10.2. The van der Waals surface area contributed by atoms with E-state index in [1.54, 1.807) is 0 Å². The van der Waals surface area contributed by atoms with Gasteiger partial charge in [0.15, 0.2) is 5.76 Å². The van der Waals surface area contributed by atoms with Crippen molar-refractivity contribution in [3.63, 3.8) is 0 Å². The second-order valence-electron chi connectivity index (χ2n) is 2.96. The number of hydrogen-bond donors (Lipinski definition) is 2. The van der Waals surface area contributed by atoms with Gasteiger partial charge in [-0.3, -0.25) is 0 Å². The Morgan fingerprint density at radius 2 is 2.15 bits per heavy atom. The number of aryl methyl sites for hydroxylation is 1. The van der Waals surface area contributed by atoms with Crippen molar-refractivity contribution in [3.05, 3.63) is 17.5 Å². The maximum atomic E-state index is 5.04. The molecule has 74 valence electrons. The first-order chi connectivity index (χ1) is 6.33. The fourth-order valence-electron chi connectivity index (χ4n) is 1.06. The van der Waals surface area contributed by atoms with Gasteiger partial charge in [0.1, 0.15) is 0 Å². The Kier molecular flexibility index (Phi) is 4.49. The molecule has 0 saturated heterocycles. The van der Waals surface area contributed by atoms with Gasteiger partial charge in [0.2, 0.25) is 0 Å². The molecule has 0 saturated carbocycles. The molecule has 4 heteroatoms. The average Bonchev–Trinajstić information content (AvgIpc) is 2.51. The summed E-state index contributed by atoms with van der Waals surface area (Å²) < 4.78 is 5.04. The van der Waals surface area contributed by atoms with E-state index in [0.29, 0.717) is 0 Å². The third-order valence-electron chi connectivity index (χ3n) is 1.70. The second kappa shape index (κ2) is 5.72. The highest BCUT2D eigenvalue weighted by Gasteiger charge is 1.98. The monoisotopic (exact) mass is 183 g/mol. The third kappa shape index (κ3) is 4.05. The molecule has 0 bridgehead atoms. The molecule has 0 radical (unpaired) electrons. The van der Waals surface area contributed by atoms with Crippen molar-refractivity contribution in [3.8, 4) is 0 Å². The highest BCUT2D eigenvalue weighted by Crippen LogP contribution is 2.00. The lowest BCUT2D eigenvalue weighted by molar-refractivity contribution is 0.369. The molecule has 0 fully saturated rings. The topological polar surface area (TPSA) is 50.1 Å². The molecule has 0 aliphatic rings. The van der Waals surface area contributed by atoms with E-state index < -0.39 is 0 Å². The van der Waals surface area contributed by atoms with Gasteiger partial charge in [0, 0.05) is 19.2 Å². The molecular weight excluding hydrogens is 166 g/mol. The quantitative estimate of drug-likeness (QED) is 0.637. The van der Waals surface area contributed by atoms with Crippen molar-refractivity contribution in [2.75, 3.05) is 19.6 Å². The highest BCUT2D eigenvalue weighted by molar-refractivity contribution is 5.02. The molecular formula is C9H17N3O. The van der Waals surface area contributed by atoms with E-state index in [4.69, 9.17) is 4.52 Å². The predicted octanol–water partition coefficient (Wildman–Crippen LogP) is 0.682. The van der Waals surface area contributed by atoms with Crippen LogP contribution in [-0.4, -0.2) is 24.8 Å². The van der Waals surface area contributed by atoms with Crippen LogP contribution in [0.3, 0.4) is 0 Å². The van der Waals surface area contributed by atoms with Gasteiger partial charge in [-0.15, -0.1) is 0 Å². The van der Waals surface area contributed by atoms with E-state index in [1.165, 1.54) is 0 Å². The van der Waals surface area contributed by atoms with E-state index in [2.05, 4.69) is 22.7 Å². The van der Waals surface area contributed by atoms with Gasteiger partial charge in [0.05, 0.1) is 12.2 Å². The fourth-order valence-corrected chi connectivity index (χ4v) is 1.06. The van der Waals surface area contributed by atoms with Crippen molar-refractivity contribution in [2.24, 2.45) is 0 Å². The van der Waals surface area contributed by atoms with Crippen LogP contribution >= 0.6 is 0 Å². The van der Waals surface area contributed by atoms with E-state index in [1.807, 2.05) is 13.0 Å². The van der Waals surface area contributed by atoms with Crippen molar-refractivity contribution in [1.82, 2.24) is 15.8 Å². The molecule has 0 aliphatic heterocycles.